The SMILES string of the molecule is C=CCn1c(=O)oc2cc(NC(=O)Nc3ccccc3OC)ccc21. The molecule has 2 amide bonds. The largest absolute Gasteiger partial charge is 0.495 e. The van der Waals surface area contributed by atoms with Crippen LogP contribution < -0.4 is 21.1 Å². The normalized spacial score (nSPS) is 10.4. The van der Waals surface area contributed by atoms with Gasteiger partial charge in [-0.1, -0.05) is 18.2 Å². The molecule has 0 atom stereocenters. The predicted molar refractivity (Wildman–Crippen MR) is 96.3 cm³/mol. The third-order valence-corrected chi connectivity index (χ3v) is 3.59. The zero-order valence-corrected chi connectivity index (χ0v) is 13.6. The Hall–Kier alpha value is -3.48. The quantitative estimate of drug-likeness (QED) is 0.697. The van der Waals surface area contributed by atoms with Gasteiger partial charge in [0.1, 0.15) is 5.75 Å². The molecular weight excluding hydrogens is 322 g/mol. The fraction of sp³-hybridized carbons (Fsp3) is 0.111. The number of methoxy groups -OCH3 is 1. The first-order valence-corrected chi connectivity index (χ1v) is 7.57. The van der Waals surface area contributed by atoms with E-state index in [4.69, 9.17) is 9.15 Å². The van der Waals surface area contributed by atoms with Crippen molar-refractivity contribution < 1.29 is 13.9 Å². The summed E-state index contributed by atoms with van der Waals surface area (Å²) in [5, 5.41) is 5.41. The summed E-state index contributed by atoms with van der Waals surface area (Å²) in [7, 11) is 1.53. The summed E-state index contributed by atoms with van der Waals surface area (Å²) in [5.41, 5.74) is 2.08. The number of hydrogen-bond acceptors (Lipinski definition) is 4. The average molecular weight is 339 g/mol. The first kappa shape index (κ1) is 16.4. The van der Waals surface area contributed by atoms with Crippen LogP contribution in [-0.4, -0.2) is 17.7 Å². The summed E-state index contributed by atoms with van der Waals surface area (Å²) >= 11 is 0. The van der Waals surface area contributed by atoms with Gasteiger partial charge in [0.25, 0.3) is 0 Å². The van der Waals surface area contributed by atoms with Gasteiger partial charge in [-0.15, -0.1) is 6.58 Å². The molecule has 128 valence electrons. The molecule has 0 unspecified atom stereocenters. The molecule has 0 aliphatic heterocycles. The Morgan fingerprint density at radius 3 is 2.84 bits per heavy atom. The van der Waals surface area contributed by atoms with E-state index in [-0.39, 0.29) is 0 Å². The van der Waals surface area contributed by atoms with Gasteiger partial charge in [-0.05, 0) is 24.3 Å². The lowest BCUT2D eigenvalue weighted by atomic mass is 10.2. The van der Waals surface area contributed by atoms with Crippen molar-refractivity contribution in [1.82, 2.24) is 4.57 Å². The predicted octanol–water partition coefficient (Wildman–Crippen LogP) is 3.43. The highest BCUT2D eigenvalue weighted by Gasteiger charge is 2.11. The molecule has 0 saturated carbocycles. The Morgan fingerprint density at radius 1 is 1.28 bits per heavy atom. The van der Waals surface area contributed by atoms with Crippen LogP contribution in [0.25, 0.3) is 11.1 Å². The van der Waals surface area contributed by atoms with E-state index in [9.17, 15) is 9.59 Å². The maximum Gasteiger partial charge on any atom is 0.420 e. The summed E-state index contributed by atoms with van der Waals surface area (Å²) in [4.78, 5) is 24.0. The number of oxazole rings is 1. The summed E-state index contributed by atoms with van der Waals surface area (Å²) in [6.07, 6.45) is 1.61. The lowest BCUT2D eigenvalue weighted by molar-refractivity contribution is 0.262. The van der Waals surface area contributed by atoms with E-state index in [0.29, 0.717) is 34.8 Å². The van der Waals surface area contributed by atoms with E-state index in [1.165, 1.54) is 11.7 Å². The second kappa shape index (κ2) is 6.96. The highest BCUT2D eigenvalue weighted by atomic mass is 16.5. The number of rotatable bonds is 5. The summed E-state index contributed by atoms with van der Waals surface area (Å²) in [6.45, 7) is 3.97. The lowest BCUT2D eigenvalue weighted by Gasteiger charge is -2.10. The number of nitrogens with zero attached hydrogens (tertiary/aromatic N) is 1. The molecule has 7 heteroatoms. The van der Waals surface area contributed by atoms with Crippen LogP contribution >= 0.6 is 0 Å². The Bertz CT molecular complexity index is 987. The first-order valence-electron chi connectivity index (χ1n) is 7.57. The summed E-state index contributed by atoms with van der Waals surface area (Å²) in [5.74, 6) is 0.0890. The van der Waals surface area contributed by atoms with Gasteiger partial charge in [-0.25, -0.2) is 9.59 Å². The van der Waals surface area contributed by atoms with Crippen LogP contribution in [0.4, 0.5) is 16.2 Å². The maximum atomic E-state index is 12.2. The van der Waals surface area contributed by atoms with Crippen molar-refractivity contribution in [3.05, 3.63) is 65.7 Å². The van der Waals surface area contributed by atoms with Crippen molar-refractivity contribution in [2.24, 2.45) is 0 Å². The molecular formula is C18H17N3O4. The van der Waals surface area contributed by atoms with Gasteiger partial charge in [-0.3, -0.25) is 4.57 Å². The van der Waals surface area contributed by atoms with Crippen LogP contribution in [0.1, 0.15) is 0 Å². The van der Waals surface area contributed by atoms with Gasteiger partial charge in [0.05, 0.1) is 18.3 Å². The maximum absolute atomic E-state index is 12.2. The number of carbonyl (C=O) groups is 1. The molecule has 0 bridgehead atoms. The molecule has 3 rings (SSSR count). The molecule has 0 spiro atoms. The van der Waals surface area contributed by atoms with Crippen LogP contribution in [0.3, 0.4) is 0 Å². The van der Waals surface area contributed by atoms with E-state index < -0.39 is 11.8 Å². The van der Waals surface area contributed by atoms with Gasteiger partial charge in [-0.2, -0.15) is 0 Å². The minimum absolute atomic E-state index is 0.354. The molecule has 7 nitrogen and oxygen atoms in total. The minimum Gasteiger partial charge on any atom is -0.495 e. The highest BCUT2D eigenvalue weighted by Crippen LogP contribution is 2.24. The standard InChI is InChI=1S/C18H17N3O4/c1-3-10-21-14-9-8-12(11-16(14)25-18(21)23)19-17(22)20-13-6-4-5-7-15(13)24-2/h3-9,11H,1,10H2,2H3,(H2,19,20,22). The van der Waals surface area contributed by atoms with Crippen molar-refractivity contribution in [1.29, 1.82) is 0 Å². The Labute approximate surface area is 143 Å². The third kappa shape index (κ3) is 3.40. The van der Waals surface area contributed by atoms with Crippen molar-refractivity contribution in [2.75, 3.05) is 17.7 Å². The zero-order chi connectivity index (χ0) is 17.8. The number of urea groups is 1. The highest BCUT2D eigenvalue weighted by molar-refractivity contribution is 6.01. The van der Waals surface area contributed by atoms with Crippen molar-refractivity contribution in [3.8, 4) is 5.75 Å². The number of hydrogen-bond donors (Lipinski definition) is 2. The number of carbonyl (C=O) groups excluding carboxylic acids is 1. The number of amides is 2. The molecule has 1 aromatic heterocycles. The lowest BCUT2D eigenvalue weighted by Crippen LogP contribution is -2.19. The second-order valence-electron chi connectivity index (χ2n) is 5.23. The number of allylic oxidation sites excluding steroid dienone is 1. The number of ether oxygens (including phenoxy) is 1. The van der Waals surface area contributed by atoms with Gasteiger partial charge in [0.15, 0.2) is 5.58 Å². The Balaban J connectivity index is 1.79. The fourth-order valence-corrected chi connectivity index (χ4v) is 2.48. The van der Waals surface area contributed by atoms with Crippen LogP contribution in [0.2, 0.25) is 0 Å². The van der Waals surface area contributed by atoms with Gasteiger partial charge in [0.2, 0.25) is 0 Å². The Kier molecular flexibility index (Phi) is 4.56. The first-order chi connectivity index (χ1) is 12.1. The van der Waals surface area contributed by atoms with Crippen LogP contribution in [0.5, 0.6) is 5.75 Å². The number of fused-ring (bicyclic) bond motifs is 1. The third-order valence-electron chi connectivity index (χ3n) is 3.59. The van der Waals surface area contributed by atoms with E-state index >= 15 is 0 Å². The van der Waals surface area contributed by atoms with Gasteiger partial charge >= 0.3 is 11.8 Å². The minimum atomic E-state index is -0.467. The molecule has 0 radical (unpaired) electrons. The summed E-state index contributed by atoms with van der Waals surface area (Å²) in [6, 6.07) is 11.7. The molecule has 0 aliphatic carbocycles. The number of aromatic nitrogens is 1. The Morgan fingerprint density at radius 2 is 2.08 bits per heavy atom. The van der Waals surface area contributed by atoms with E-state index in [1.54, 1.807) is 42.5 Å². The van der Waals surface area contributed by atoms with Crippen LogP contribution in [0, 0.1) is 0 Å². The second-order valence-corrected chi connectivity index (χ2v) is 5.23. The van der Waals surface area contributed by atoms with Crippen LogP contribution in [-0.2, 0) is 6.54 Å². The molecule has 0 fully saturated rings. The van der Waals surface area contributed by atoms with E-state index in [0.717, 1.165) is 0 Å². The number of para-hydroxylation sites is 2. The topological polar surface area (TPSA) is 85.5 Å². The van der Waals surface area contributed by atoms with Crippen molar-refractivity contribution in [2.45, 2.75) is 6.54 Å². The smallest absolute Gasteiger partial charge is 0.420 e. The number of nitrogens with one attached hydrogen (secondary N) is 2. The van der Waals surface area contributed by atoms with Crippen molar-refractivity contribution >= 4 is 28.5 Å². The van der Waals surface area contributed by atoms with Gasteiger partial charge < -0.3 is 19.8 Å². The molecule has 3 aromatic rings. The zero-order valence-electron chi connectivity index (χ0n) is 13.6. The number of benzene rings is 2. The van der Waals surface area contributed by atoms with Crippen molar-refractivity contribution in [3.63, 3.8) is 0 Å². The average Bonchev–Trinajstić information content (AvgIpc) is 2.90. The fourth-order valence-electron chi connectivity index (χ4n) is 2.48. The van der Waals surface area contributed by atoms with Crippen LogP contribution in [0.15, 0.2) is 64.3 Å². The summed E-state index contributed by atoms with van der Waals surface area (Å²) < 4.78 is 11.8. The van der Waals surface area contributed by atoms with E-state index in [2.05, 4.69) is 17.2 Å². The molecule has 0 aliphatic rings. The molecule has 25 heavy (non-hydrogen) atoms. The molecule has 2 N–H and O–H groups in total. The molecule has 2 aromatic carbocycles. The monoisotopic (exact) mass is 339 g/mol. The van der Waals surface area contributed by atoms with Gasteiger partial charge in [0, 0.05) is 18.3 Å². The molecule has 0 saturated heterocycles. The van der Waals surface area contributed by atoms with E-state index in [1.807, 2.05) is 6.07 Å². The molecule has 1 heterocycles. The number of anilines is 2.